The van der Waals surface area contributed by atoms with Gasteiger partial charge in [-0.3, -0.25) is 0 Å². The molecule has 0 aliphatic carbocycles. The Labute approximate surface area is 131 Å². The van der Waals surface area contributed by atoms with Crippen molar-refractivity contribution < 1.29 is 4.74 Å². The average Bonchev–Trinajstić information content (AvgIpc) is 2.61. The molecule has 0 radical (unpaired) electrons. The molecule has 0 saturated heterocycles. The summed E-state index contributed by atoms with van der Waals surface area (Å²) >= 11 is 0. The second-order valence-electron chi connectivity index (χ2n) is 5.20. The molecule has 0 aliphatic heterocycles. The summed E-state index contributed by atoms with van der Waals surface area (Å²) in [5.41, 5.74) is 10.3. The molecule has 0 spiro atoms. The zero-order valence-corrected chi connectivity index (χ0v) is 12.4. The number of ether oxygens (including phenoxy) is 1. The van der Waals surface area contributed by atoms with Gasteiger partial charge in [0.2, 0.25) is 0 Å². The quantitative estimate of drug-likeness (QED) is 0.756. The summed E-state index contributed by atoms with van der Waals surface area (Å²) in [7, 11) is 0. The molecule has 2 heteroatoms. The van der Waals surface area contributed by atoms with E-state index in [4.69, 9.17) is 10.5 Å². The highest BCUT2D eigenvalue weighted by molar-refractivity contribution is 5.63. The van der Waals surface area contributed by atoms with Crippen molar-refractivity contribution in [3.8, 4) is 16.9 Å². The smallest absolute Gasteiger partial charge is 0.119 e. The molecule has 0 bridgehead atoms. The van der Waals surface area contributed by atoms with Crippen molar-refractivity contribution in [2.24, 2.45) is 5.73 Å². The summed E-state index contributed by atoms with van der Waals surface area (Å²) in [4.78, 5) is 0. The molecule has 0 saturated carbocycles. The van der Waals surface area contributed by atoms with E-state index in [1.807, 2.05) is 42.5 Å². The maximum Gasteiger partial charge on any atom is 0.119 e. The van der Waals surface area contributed by atoms with Gasteiger partial charge in [0.1, 0.15) is 12.4 Å². The van der Waals surface area contributed by atoms with Crippen LogP contribution < -0.4 is 10.5 Å². The normalized spacial score (nSPS) is 10.4. The van der Waals surface area contributed by atoms with Crippen LogP contribution in [0.4, 0.5) is 0 Å². The van der Waals surface area contributed by atoms with Crippen molar-refractivity contribution >= 4 is 0 Å². The molecule has 0 atom stereocenters. The van der Waals surface area contributed by atoms with E-state index < -0.39 is 0 Å². The minimum Gasteiger partial charge on any atom is -0.489 e. The molecule has 3 rings (SSSR count). The van der Waals surface area contributed by atoms with Crippen LogP contribution in [0.2, 0.25) is 0 Å². The number of hydrogen-bond acceptors (Lipinski definition) is 2. The van der Waals surface area contributed by atoms with Crippen LogP contribution in [0.3, 0.4) is 0 Å². The molecular weight excluding hydrogens is 270 g/mol. The van der Waals surface area contributed by atoms with Gasteiger partial charge in [-0.2, -0.15) is 0 Å². The second kappa shape index (κ2) is 6.92. The fourth-order valence-electron chi connectivity index (χ4n) is 2.39. The molecule has 3 aromatic carbocycles. The van der Waals surface area contributed by atoms with Gasteiger partial charge >= 0.3 is 0 Å². The lowest BCUT2D eigenvalue weighted by atomic mass is 10.1. The molecule has 0 aliphatic rings. The van der Waals surface area contributed by atoms with Crippen LogP contribution in [0.5, 0.6) is 5.75 Å². The molecule has 2 N–H and O–H groups in total. The summed E-state index contributed by atoms with van der Waals surface area (Å²) in [5, 5.41) is 0. The van der Waals surface area contributed by atoms with Gasteiger partial charge in [-0.15, -0.1) is 0 Å². The first-order valence-electron chi connectivity index (χ1n) is 7.41. The first-order chi connectivity index (χ1) is 10.8. The van der Waals surface area contributed by atoms with Crippen LogP contribution in [0.25, 0.3) is 11.1 Å². The maximum absolute atomic E-state index is 5.84. The van der Waals surface area contributed by atoms with Gasteiger partial charge in [0.25, 0.3) is 0 Å². The van der Waals surface area contributed by atoms with E-state index in [2.05, 4.69) is 36.4 Å². The van der Waals surface area contributed by atoms with Crippen LogP contribution in [0, 0.1) is 0 Å². The van der Waals surface area contributed by atoms with E-state index in [1.54, 1.807) is 0 Å². The van der Waals surface area contributed by atoms with Crippen molar-refractivity contribution in [1.29, 1.82) is 0 Å². The summed E-state index contributed by atoms with van der Waals surface area (Å²) in [5.74, 6) is 0.873. The van der Waals surface area contributed by atoms with Gasteiger partial charge in [0, 0.05) is 6.54 Å². The minimum absolute atomic E-state index is 0.554. The molecule has 0 aromatic heterocycles. The molecule has 0 fully saturated rings. The Hall–Kier alpha value is -2.58. The molecule has 3 aromatic rings. The van der Waals surface area contributed by atoms with Crippen LogP contribution in [0.15, 0.2) is 78.9 Å². The van der Waals surface area contributed by atoms with Crippen molar-refractivity contribution in [3.63, 3.8) is 0 Å². The van der Waals surface area contributed by atoms with Crippen LogP contribution in [-0.4, -0.2) is 0 Å². The summed E-state index contributed by atoms with van der Waals surface area (Å²) in [6, 6.07) is 26.7. The zero-order chi connectivity index (χ0) is 15.2. The monoisotopic (exact) mass is 289 g/mol. The fraction of sp³-hybridized carbons (Fsp3) is 0.100. The predicted octanol–water partition coefficient (Wildman–Crippen LogP) is 4.39. The standard InChI is InChI=1S/C20H19NO/c21-14-16-5-4-6-17(13-16)15-22-20-11-9-19(10-12-20)18-7-2-1-3-8-18/h1-13H,14-15,21H2. The number of rotatable bonds is 5. The third-order valence-corrected chi connectivity index (χ3v) is 3.59. The van der Waals surface area contributed by atoms with E-state index in [-0.39, 0.29) is 0 Å². The Bertz CT molecular complexity index is 720. The maximum atomic E-state index is 5.84. The number of benzene rings is 3. The van der Waals surface area contributed by atoms with Crippen LogP contribution in [-0.2, 0) is 13.2 Å². The number of hydrogen-bond donors (Lipinski definition) is 1. The van der Waals surface area contributed by atoms with E-state index in [1.165, 1.54) is 11.1 Å². The highest BCUT2D eigenvalue weighted by Crippen LogP contribution is 2.22. The van der Waals surface area contributed by atoms with Crippen LogP contribution >= 0.6 is 0 Å². The zero-order valence-electron chi connectivity index (χ0n) is 12.4. The van der Waals surface area contributed by atoms with E-state index in [0.717, 1.165) is 16.9 Å². The molecule has 2 nitrogen and oxygen atoms in total. The minimum atomic E-state index is 0.554. The van der Waals surface area contributed by atoms with E-state index in [0.29, 0.717) is 13.2 Å². The molecule has 22 heavy (non-hydrogen) atoms. The SMILES string of the molecule is NCc1cccc(COc2ccc(-c3ccccc3)cc2)c1. The predicted molar refractivity (Wildman–Crippen MR) is 90.5 cm³/mol. The van der Waals surface area contributed by atoms with E-state index in [9.17, 15) is 0 Å². The largest absolute Gasteiger partial charge is 0.489 e. The number of nitrogens with two attached hydrogens (primary N) is 1. The third kappa shape index (κ3) is 3.54. The lowest BCUT2D eigenvalue weighted by Crippen LogP contribution is -1.99. The van der Waals surface area contributed by atoms with Gasteiger partial charge in [-0.05, 0) is 34.4 Å². The third-order valence-electron chi connectivity index (χ3n) is 3.59. The van der Waals surface area contributed by atoms with Gasteiger partial charge in [0.05, 0.1) is 0 Å². The second-order valence-corrected chi connectivity index (χ2v) is 5.20. The lowest BCUT2D eigenvalue weighted by Gasteiger charge is -2.08. The molecular formula is C20H19NO. The fourth-order valence-corrected chi connectivity index (χ4v) is 2.39. The van der Waals surface area contributed by atoms with Gasteiger partial charge in [0.15, 0.2) is 0 Å². The average molecular weight is 289 g/mol. The van der Waals surface area contributed by atoms with Crippen molar-refractivity contribution in [1.82, 2.24) is 0 Å². The van der Waals surface area contributed by atoms with Crippen molar-refractivity contribution in [3.05, 3.63) is 90.0 Å². The Balaban J connectivity index is 1.66. The highest BCUT2D eigenvalue weighted by Gasteiger charge is 2.00. The van der Waals surface area contributed by atoms with Gasteiger partial charge in [-0.1, -0.05) is 66.7 Å². The Kier molecular flexibility index (Phi) is 4.52. The topological polar surface area (TPSA) is 35.2 Å². The lowest BCUT2D eigenvalue weighted by molar-refractivity contribution is 0.306. The molecule has 110 valence electrons. The summed E-state index contributed by atoms with van der Waals surface area (Å²) in [6.45, 7) is 1.11. The van der Waals surface area contributed by atoms with E-state index >= 15 is 0 Å². The van der Waals surface area contributed by atoms with Crippen LogP contribution in [0.1, 0.15) is 11.1 Å². The van der Waals surface area contributed by atoms with Crippen molar-refractivity contribution in [2.75, 3.05) is 0 Å². The first-order valence-corrected chi connectivity index (χ1v) is 7.41. The Morgan fingerprint density at radius 2 is 1.36 bits per heavy atom. The Morgan fingerprint density at radius 1 is 0.682 bits per heavy atom. The molecule has 0 amide bonds. The molecule has 0 unspecified atom stereocenters. The van der Waals surface area contributed by atoms with Gasteiger partial charge in [-0.25, -0.2) is 0 Å². The molecule has 0 heterocycles. The summed E-state index contributed by atoms with van der Waals surface area (Å²) in [6.07, 6.45) is 0. The summed E-state index contributed by atoms with van der Waals surface area (Å²) < 4.78 is 5.84. The first kappa shape index (κ1) is 14.4. The van der Waals surface area contributed by atoms with Crippen molar-refractivity contribution in [2.45, 2.75) is 13.2 Å². The Morgan fingerprint density at radius 3 is 2.09 bits per heavy atom. The van der Waals surface area contributed by atoms with Gasteiger partial charge < -0.3 is 10.5 Å². The highest BCUT2D eigenvalue weighted by atomic mass is 16.5.